The first kappa shape index (κ1) is 23.6. The normalized spacial score (nSPS) is 11.0. The summed E-state index contributed by atoms with van der Waals surface area (Å²) >= 11 is 1.59. The number of rotatable bonds is 11. The molecule has 4 rings (SSSR count). The van der Waals surface area contributed by atoms with Crippen molar-refractivity contribution in [3.05, 3.63) is 42.2 Å². The fourth-order valence-corrected chi connectivity index (χ4v) is 3.97. The highest BCUT2D eigenvalue weighted by Crippen LogP contribution is 2.25. The van der Waals surface area contributed by atoms with Crippen LogP contribution in [-0.2, 0) is 6.54 Å². The van der Waals surface area contributed by atoms with Gasteiger partial charge >= 0.3 is 0 Å². The lowest BCUT2D eigenvalue weighted by Gasteiger charge is -2.09. The Labute approximate surface area is 201 Å². The molecule has 10 nitrogen and oxygen atoms in total. The molecule has 0 bridgehead atoms. The van der Waals surface area contributed by atoms with Gasteiger partial charge in [0.05, 0.1) is 30.9 Å². The molecular weight excluding hydrogens is 452 g/mol. The van der Waals surface area contributed by atoms with Crippen molar-refractivity contribution in [2.75, 3.05) is 31.3 Å². The van der Waals surface area contributed by atoms with Crippen molar-refractivity contribution in [3.63, 3.8) is 0 Å². The number of anilines is 1. The van der Waals surface area contributed by atoms with Crippen LogP contribution in [-0.4, -0.2) is 61.8 Å². The van der Waals surface area contributed by atoms with Gasteiger partial charge in [-0.3, -0.25) is 9.89 Å². The smallest absolute Gasteiger partial charge is 0.269 e. The van der Waals surface area contributed by atoms with Gasteiger partial charge < -0.3 is 15.4 Å². The maximum absolute atomic E-state index is 12.6. The molecule has 3 heterocycles. The van der Waals surface area contributed by atoms with E-state index in [0.29, 0.717) is 29.6 Å². The number of nitrogens with zero attached hydrogens (tertiary/aromatic N) is 5. The summed E-state index contributed by atoms with van der Waals surface area (Å²) in [5.41, 5.74) is 2.68. The number of methoxy groups -OCH3 is 1. The fourth-order valence-electron chi connectivity index (χ4n) is 3.41. The lowest BCUT2D eigenvalue weighted by Crippen LogP contribution is -2.27. The molecule has 0 saturated heterocycles. The molecule has 1 aromatic carbocycles. The van der Waals surface area contributed by atoms with Crippen molar-refractivity contribution in [2.45, 2.75) is 32.0 Å². The van der Waals surface area contributed by atoms with Crippen LogP contribution < -0.4 is 15.4 Å². The zero-order valence-corrected chi connectivity index (χ0v) is 20.3. The molecule has 34 heavy (non-hydrogen) atoms. The lowest BCUT2D eigenvalue weighted by atomic mass is 10.1. The van der Waals surface area contributed by atoms with Crippen LogP contribution in [0.25, 0.3) is 22.3 Å². The summed E-state index contributed by atoms with van der Waals surface area (Å²) in [5.74, 6) is 2.17. The Morgan fingerprint density at radius 2 is 2.09 bits per heavy atom. The Hall–Kier alpha value is -3.60. The maximum Gasteiger partial charge on any atom is 0.269 e. The van der Waals surface area contributed by atoms with Gasteiger partial charge in [0, 0.05) is 18.7 Å². The Kier molecular flexibility index (Phi) is 7.63. The van der Waals surface area contributed by atoms with Gasteiger partial charge in [0.1, 0.15) is 17.3 Å². The zero-order chi connectivity index (χ0) is 23.9. The maximum atomic E-state index is 12.6. The Balaban J connectivity index is 1.43. The third-order valence-corrected chi connectivity index (χ3v) is 5.82. The van der Waals surface area contributed by atoms with Gasteiger partial charge in [0.2, 0.25) is 0 Å². The first-order valence-electron chi connectivity index (χ1n) is 11.2. The molecule has 3 N–H and O–H groups in total. The third kappa shape index (κ3) is 5.30. The second kappa shape index (κ2) is 11.0. The molecule has 0 radical (unpaired) electrons. The number of ether oxygens (including phenoxy) is 1. The number of aromatic amines is 1. The van der Waals surface area contributed by atoms with Gasteiger partial charge in [-0.05, 0) is 30.4 Å². The van der Waals surface area contributed by atoms with Crippen molar-refractivity contribution in [2.24, 2.45) is 0 Å². The average Bonchev–Trinajstić information content (AvgIpc) is 3.51. The van der Waals surface area contributed by atoms with Gasteiger partial charge in [0.25, 0.3) is 5.91 Å². The number of benzene rings is 1. The number of H-pyrrole nitrogens is 1. The largest absolute Gasteiger partial charge is 0.497 e. The monoisotopic (exact) mass is 480 g/mol. The van der Waals surface area contributed by atoms with Crippen LogP contribution in [0, 0.1) is 0 Å². The number of fused-ring (bicyclic) bond motifs is 1. The quantitative estimate of drug-likeness (QED) is 0.220. The second-order valence-corrected chi connectivity index (χ2v) is 8.71. The van der Waals surface area contributed by atoms with Gasteiger partial charge in [-0.25, -0.2) is 14.6 Å². The molecule has 4 aromatic rings. The third-order valence-electron chi connectivity index (χ3n) is 5.09. The summed E-state index contributed by atoms with van der Waals surface area (Å²) in [6.07, 6.45) is 2.76. The van der Waals surface area contributed by atoms with Gasteiger partial charge in [-0.2, -0.15) is 10.2 Å². The number of hydrogen-bond acceptors (Lipinski definition) is 8. The zero-order valence-electron chi connectivity index (χ0n) is 19.5. The van der Waals surface area contributed by atoms with Crippen molar-refractivity contribution >= 4 is 34.5 Å². The number of nitrogens with one attached hydrogen (secondary N) is 3. The van der Waals surface area contributed by atoms with Crippen LogP contribution in [0.5, 0.6) is 5.75 Å². The van der Waals surface area contributed by atoms with Gasteiger partial charge in [-0.1, -0.05) is 37.7 Å². The molecule has 178 valence electrons. The molecular formula is C23H28N8O2S. The minimum atomic E-state index is -0.236. The van der Waals surface area contributed by atoms with E-state index in [4.69, 9.17) is 4.74 Å². The molecule has 0 spiro atoms. The number of carbonyl (C=O) groups excluding carboxylic acids is 1. The fraction of sp³-hybridized carbons (Fsp3) is 0.348. The molecule has 0 aliphatic rings. The van der Waals surface area contributed by atoms with Crippen LogP contribution >= 0.6 is 11.8 Å². The van der Waals surface area contributed by atoms with Crippen LogP contribution in [0.3, 0.4) is 0 Å². The highest BCUT2D eigenvalue weighted by molar-refractivity contribution is 7.99. The molecule has 0 aliphatic heterocycles. The predicted molar refractivity (Wildman–Crippen MR) is 133 cm³/mol. The molecule has 0 saturated carbocycles. The predicted octanol–water partition coefficient (Wildman–Crippen LogP) is 3.59. The highest BCUT2D eigenvalue weighted by Gasteiger charge is 2.14. The topological polar surface area (TPSA) is 123 Å². The Morgan fingerprint density at radius 3 is 2.88 bits per heavy atom. The van der Waals surface area contributed by atoms with Crippen molar-refractivity contribution < 1.29 is 9.53 Å². The standard InChI is InChI=1S/C23H28N8O2S/c1-4-9-24-20-17-14-26-31(21(17)28-23(27-20)34-5-2)11-10-25-22(32)19-13-18(29-30-19)15-7-6-8-16(12-15)33-3/h6-8,12-14H,4-5,9-11H2,1-3H3,(H,25,32)(H,29,30)(H,24,27,28). The van der Waals surface area contributed by atoms with Crippen LogP contribution in [0.4, 0.5) is 5.82 Å². The number of hydrogen-bond donors (Lipinski definition) is 3. The van der Waals surface area contributed by atoms with Crippen LogP contribution in [0.15, 0.2) is 41.7 Å². The lowest BCUT2D eigenvalue weighted by molar-refractivity contribution is 0.0947. The first-order chi connectivity index (χ1) is 16.6. The average molecular weight is 481 g/mol. The minimum absolute atomic E-state index is 0.236. The number of amides is 1. The van der Waals surface area contributed by atoms with E-state index in [-0.39, 0.29) is 5.91 Å². The van der Waals surface area contributed by atoms with E-state index < -0.39 is 0 Å². The molecule has 11 heteroatoms. The van der Waals surface area contributed by atoms with E-state index in [0.717, 1.165) is 46.9 Å². The summed E-state index contributed by atoms with van der Waals surface area (Å²) in [5, 5.41) is 19.4. The van der Waals surface area contributed by atoms with E-state index in [1.807, 2.05) is 24.3 Å². The Morgan fingerprint density at radius 1 is 1.21 bits per heavy atom. The first-order valence-corrected chi connectivity index (χ1v) is 12.2. The number of aromatic nitrogens is 6. The van der Waals surface area contributed by atoms with E-state index >= 15 is 0 Å². The van der Waals surface area contributed by atoms with Crippen molar-refractivity contribution in [1.29, 1.82) is 0 Å². The highest BCUT2D eigenvalue weighted by atomic mass is 32.2. The minimum Gasteiger partial charge on any atom is -0.497 e. The summed E-state index contributed by atoms with van der Waals surface area (Å²) in [4.78, 5) is 21.9. The summed E-state index contributed by atoms with van der Waals surface area (Å²) in [7, 11) is 1.61. The van der Waals surface area contributed by atoms with Crippen LogP contribution in [0.1, 0.15) is 30.8 Å². The Bertz CT molecular complexity index is 1270. The van der Waals surface area contributed by atoms with Gasteiger partial charge in [0.15, 0.2) is 10.8 Å². The van der Waals surface area contributed by atoms with E-state index in [9.17, 15) is 4.79 Å². The molecule has 0 aliphatic carbocycles. The van der Waals surface area contributed by atoms with E-state index in [2.05, 4.69) is 49.7 Å². The number of carbonyl (C=O) groups is 1. The molecule has 0 atom stereocenters. The summed E-state index contributed by atoms with van der Waals surface area (Å²) < 4.78 is 7.05. The van der Waals surface area contributed by atoms with E-state index in [1.54, 1.807) is 35.8 Å². The van der Waals surface area contributed by atoms with E-state index in [1.165, 1.54) is 0 Å². The SMILES string of the molecule is CCCNc1nc(SCC)nc2c1cnn2CCNC(=O)c1cc(-c2cccc(OC)c2)n[nH]1. The van der Waals surface area contributed by atoms with Gasteiger partial charge in [-0.15, -0.1) is 0 Å². The molecule has 0 fully saturated rings. The van der Waals surface area contributed by atoms with Crippen LogP contribution in [0.2, 0.25) is 0 Å². The van der Waals surface area contributed by atoms with Crippen molar-refractivity contribution in [1.82, 2.24) is 35.3 Å². The second-order valence-electron chi connectivity index (χ2n) is 7.47. The molecule has 3 aromatic heterocycles. The summed E-state index contributed by atoms with van der Waals surface area (Å²) in [6, 6.07) is 9.26. The molecule has 1 amide bonds. The van der Waals surface area contributed by atoms with Crippen molar-refractivity contribution in [3.8, 4) is 17.0 Å². The summed E-state index contributed by atoms with van der Waals surface area (Å²) in [6.45, 7) is 5.87. The number of thioether (sulfide) groups is 1. The molecule has 0 unspecified atom stereocenters.